The molecule has 0 aromatic heterocycles. The number of nitrogens with zero attached hydrogens (tertiary/aromatic N) is 1. The van der Waals surface area contributed by atoms with Crippen LogP contribution in [0.5, 0.6) is 5.75 Å². The number of nitrogens with two attached hydrogens (primary N) is 1. The smallest absolute Gasteiger partial charge is 0.260 e. The Bertz CT molecular complexity index is 518. The van der Waals surface area contributed by atoms with Gasteiger partial charge < -0.3 is 20.1 Å². The quantitative estimate of drug-likeness (QED) is 0.846. The number of amides is 1. The van der Waals surface area contributed by atoms with Crippen LogP contribution in [-0.2, 0) is 9.53 Å². The predicted molar refractivity (Wildman–Crippen MR) is 80.2 cm³/mol. The molecule has 0 radical (unpaired) electrons. The highest BCUT2D eigenvalue weighted by atomic mass is 35.5. The molecule has 0 spiro atoms. The summed E-state index contributed by atoms with van der Waals surface area (Å²) in [6.07, 6.45) is 0. The van der Waals surface area contributed by atoms with Crippen LogP contribution in [0.2, 0.25) is 5.02 Å². The maximum absolute atomic E-state index is 12.0. The molecular formula is C13H15ClN2O3S. The van der Waals surface area contributed by atoms with Crippen molar-refractivity contribution < 1.29 is 14.3 Å². The van der Waals surface area contributed by atoms with Crippen LogP contribution in [0, 0.1) is 0 Å². The van der Waals surface area contributed by atoms with Gasteiger partial charge in [0.2, 0.25) is 0 Å². The summed E-state index contributed by atoms with van der Waals surface area (Å²) in [4.78, 5) is 13.9. The maximum atomic E-state index is 12.0. The minimum Gasteiger partial charge on any atom is -0.483 e. The van der Waals surface area contributed by atoms with Crippen molar-refractivity contribution >= 4 is 34.7 Å². The standard InChI is InChI=1S/C13H15ClN2O3S/c14-9-1-2-10(13(15)20)11(7-9)19-8-12(17)16-3-5-18-6-4-16/h1-2,7H,3-6,8H2,(H2,15,20). The SMILES string of the molecule is NC(=S)c1ccc(Cl)cc1OCC(=O)N1CCOCC1. The molecule has 0 bridgehead atoms. The summed E-state index contributed by atoms with van der Waals surface area (Å²) < 4.78 is 10.7. The van der Waals surface area contributed by atoms with Gasteiger partial charge in [0, 0.05) is 18.1 Å². The van der Waals surface area contributed by atoms with Crippen molar-refractivity contribution in [1.29, 1.82) is 0 Å². The number of morpholine rings is 1. The van der Waals surface area contributed by atoms with Crippen LogP contribution in [0.15, 0.2) is 18.2 Å². The van der Waals surface area contributed by atoms with E-state index in [2.05, 4.69) is 0 Å². The molecule has 2 rings (SSSR count). The topological polar surface area (TPSA) is 64.8 Å². The van der Waals surface area contributed by atoms with Gasteiger partial charge in [0.15, 0.2) is 6.61 Å². The summed E-state index contributed by atoms with van der Waals surface area (Å²) in [5.74, 6) is 0.328. The third-order valence-corrected chi connectivity index (χ3v) is 3.38. The van der Waals surface area contributed by atoms with Crippen molar-refractivity contribution in [3.8, 4) is 5.75 Å². The number of hydrogen-bond acceptors (Lipinski definition) is 4. The van der Waals surface area contributed by atoms with Gasteiger partial charge in [-0.2, -0.15) is 0 Å². The van der Waals surface area contributed by atoms with Crippen molar-refractivity contribution in [2.45, 2.75) is 0 Å². The molecule has 0 atom stereocenters. The third-order valence-electron chi connectivity index (χ3n) is 2.92. The summed E-state index contributed by atoms with van der Waals surface area (Å²) in [6.45, 7) is 2.21. The van der Waals surface area contributed by atoms with Crippen molar-refractivity contribution in [3.63, 3.8) is 0 Å². The lowest BCUT2D eigenvalue weighted by Gasteiger charge is -2.26. The number of thiocarbonyl (C=S) groups is 1. The van der Waals surface area contributed by atoms with Crippen molar-refractivity contribution in [1.82, 2.24) is 4.90 Å². The molecule has 7 heteroatoms. The molecule has 1 aromatic carbocycles. The highest BCUT2D eigenvalue weighted by Gasteiger charge is 2.18. The van der Waals surface area contributed by atoms with Crippen LogP contribution in [0.1, 0.15) is 5.56 Å². The third kappa shape index (κ3) is 3.82. The summed E-state index contributed by atoms with van der Waals surface area (Å²) in [7, 11) is 0. The zero-order valence-electron chi connectivity index (χ0n) is 10.8. The van der Waals surface area contributed by atoms with Crippen LogP contribution in [0.25, 0.3) is 0 Å². The van der Waals surface area contributed by atoms with Gasteiger partial charge in [-0.25, -0.2) is 0 Å². The number of ether oxygens (including phenoxy) is 2. The van der Waals surface area contributed by atoms with Crippen LogP contribution < -0.4 is 10.5 Å². The van der Waals surface area contributed by atoms with E-state index in [0.717, 1.165) is 0 Å². The Balaban J connectivity index is 2.01. The van der Waals surface area contributed by atoms with Crippen LogP contribution in [-0.4, -0.2) is 48.7 Å². The molecule has 1 aliphatic heterocycles. The van der Waals surface area contributed by atoms with E-state index in [9.17, 15) is 4.79 Å². The lowest BCUT2D eigenvalue weighted by molar-refractivity contribution is -0.137. The fourth-order valence-electron chi connectivity index (χ4n) is 1.86. The Morgan fingerprint density at radius 1 is 1.45 bits per heavy atom. The molecule has 1 saturated heterocycles. The molecule has 0 aliphatic carbocycles. The summed E-state index contributed by atoms with van der Waals surface area (Å²) in [6, 6.07) is 4.95. The lowest BCUT2D eigenvalue weighted by atomic mass is 10.2. The van der Waals surface area contributed by atoms with Gasteiger partial charge in [-0.15, -0.1) is 0 Å². The molecule has 1 heterocycles. The molecular weight excluding hydrogens is 300 g/mol. The highest BCUT2D eigenvalue weighted by Crippen LogP contribution is 2.23. The molecule has 1 amide bonds. The van der Waals surface area contributed by atoms with Crippen LogP contribution in [0.3, 0.4) is 0 Å². The Morgan fingerprint density at radius 2 is 2.15 bits per heavy atom. The summed E-state index contributed by atoms with van der Waals surface area (Å²) >= 11 is 10.9. The fraction of sp³-hybridized carbons (Fsp3) is 0.385. The largest absolute Gasteiger partial charge is 0.483 e. The number of carbonyl (C=O) groups excluding carboxylic acids is 1. The van der Waals surface area contributed by atoms with Crippen LogP contribution >= 0.6 is 23.8 Å². The average molecular weight is 315 g/mol. The number of hydrogen-bond donors (Lipinski definition) is 1. The monoisotopic (exact) mass is 314 g/mol. The van der Waals surface area contributed by atoms with E-state index < -0.39 is 0 Å². The summed E-state index contributed by atoms with van der Waals surface area (Å²) in [5.41, 5.74) is 6.18. The second-order valence-electron chi connectivity index (χ2n) is 4.29. The number of carbonyl (C=O) groups is 1. The molecule has 20 heavy (non-hydrogen) atoms. The first-order chi connectivity index (χ1) is 9.58. The highest BCUT2D eigenvalue weighted by molar-refractivity contribution is 7.80. The van der Waals surface area contributed by atoms with Crippen molar-refractivity contribution in [2.75, 3.05) is 32.9 Å². The van der Waals surface area contributed by atoms with Crippen LogP contribution in [0.4, 0.5) is 0 Å². The van der Waals surface area contributed by atoms with Gasteiger partial charge in [-0.3, -0.25) is 4.79 Å². The van der Waals surface area contributed by atoms with Gasteiger partial charge in [-0.1, -0.05) is 23.8 Å². The van der Waals surface area contributed by atoms with E-state index in [-0.39, 0.29) is 17.5 Å². The second kappa shape index (κ2) is 6.88. The first kappa shape index (κ1) is 15.0. The lowest BCUT2D eigenvalue weighted by Crippen LogP contribution is -2.43. The Hall–Kier alpha value is -1.37. The van der Waals surface area contributed by atoms with Gasteiger partial charge in [0.25, 0.3) is 5.91 Å². The van der Waals surface area contributed by atoms with Crippen molar-refractivity contribution in [3.05, 3.63) is 28.8 Å². The fourth-order valence-corrected chi connectivity index (χ4v) is 2.19. The molecule has 0 unspecified atom stereocenters. The second-order valence-corrected chi connectivity index (χ2v) is 5.16. The number of benzene rings is 1. The Morgan fingerprint density at radius 3 is 2.80 bits per heavy atom. The first-order valence-corrected chi connectivity index (χ1v) is 6.94. The van der Waals surface area contributed by atoms with Crippen molar-refractivity contribution in [2.24, 2.45) is 5.73 Å². The molecule has 0 saturated carbocycles. The zero-order valence-corrected chi connectivity index (χ0v) is 12.4. The molecule has 1 fully saturated rings. The van der Waals surface area contributed by atoms with E-state index in [0.29, 0.717) is 42.6 Å². The normalized spacial score (nSPS) is 14.9. The minimum atomic E-state index is -0.0952. The summed E-state index contributed by atoms with van der Waals surface area (Å²) in [5, 5.41) is 0.499. The van der Waals surface area contributed by atoms with E-state index in [1.807, 2.05) is 0 Å². The zero-order chi connectivity index (χ0) is 14.5. The molecule has 1 aliphatic rings. The van der Waals surface area contributed by atoms with E-state index >= 15 is 0 Å². The number of rotatable bonds is 4. The van der Waals surface area contributed by atoms with Gasteiger partial charge in [0.05, 0.1) is 18.8 Å². The number of halogens is 1. The maximum Gasteiger partial charge on any atom is 0.260 e. The molecule has 1 aromatic rings. The Labute approximate surface area is 127 Å². The molecule has 2 N–H and O–H groups in total. The van der Waals surface area contributed by atoms with Gasteiger partial charge in [-0.05, 0) is 18.2 Å². The Kier molecular flexibility index (Phi) is 5.17. The van der Waals surface area contributed by atoms with E-state index in [4.69, 9.17) is 39.0 Å². The van der Waals surface area contributed by atoms with E-state index in [1.165, 1.54) is 0 Å². The minimum absolute atomic E-state index is 0.0735. The molecule has 5 nitrogen and oxygen atoms in total. The van der Waals surface area contributed by atoms with Gasteiger partial charge in [0.1, 0.15) is 10.7 Å². The van der Waals surface area contributed by atoms with Gasteiger partial charge >= 0.3 is 0 Å². The first-order valence-electron chi connectivity index (χ1n) is 6.15. The van der Waals surface area contributed by atoms with E-state index in [1.54, 1.807) is 23.1 Å². The average Bonchev–Trinajstić information content (AvgIpc) is 2.45. The molecule has 108 valence electrons. The predicted octanol–water partition coefficient (Wildman–Crippen LogP) is 1.21.